The van der Waals surface area contributed by atoms with Crippen molar-refractivity contribution in [3.8, 4) is 5.75 Å². The molecule has 1 heterocycles. The number of anilines is 1. The van der Waals surface area contributed by atoms with Crippen LogP contribution in [0.2, 0.25) is 0 Å². The highest BCUT2D eigenvalue weighted by atomic mass is 16.5. The monoisotopic (exact) mass is 376 g/mol. The number of ether oxygens (including phenoxy) is 2. The number of hydrogen-bond donors (Lipinski definition) is 3. The fourth-order valence-corrected chi connectivity index (χ4v) is 2.49. The zero-order valence-corrected chi connectivity index (χ0v) is 15.4. The average molecular weight is 376 g/mol. The van der Waals surface area contributed by atoms with E-state index in [4.69, 9.17) is 9.47 Å². The fourth-order valence-electron chi connectivity index (χ4n) is 2.49. The third kappa shape index (κ3) is 6.70. The van der Waals surface area contributed by atoms with Crippen molar-refractivity contribution in [2.75, 3.05) is 25.6 Å². The molecule has 0 radical (unpaired) electrons. The highest BCUT2D eigenvalue weighted by molar-refractivity contribution is 6.39. The van der Waals surface area contributed by atoms with Crippen LogP contribution in [0.3, 0.4) is 0 Å². The van der Waals surface area contributed by atoms with Crippen LogP contribution in [0.4, 0.5) is 5.69 Å². The van der Waals surface area contributed by atoms with Gasteiger partial charge in [-0.25, -0.2) is 5.43 Å². The van der Waals surface area contributed by atoms with Crippen LogP contribution in [0.5, 0.6) is 5.75 Å². The van der Waals surface area contributed by atoms with Gasteiger partial charge in [-0.15, -0.1) is 0 Å². The second-order valence-corrected chi connectivity index (χ2v) is 6.06. The minimum Gasteiger partial charge on any atom is -0.495 e. The van der Waals surface area contributed by atoms with Crippen molar-refractivity contribution in [3.05, 3.63) is 24.3 Å². The number of benzene rings is 1. The van der Waals surface area contributed by atoms with E-state index in [9.17, 15) is 14.4 Å². The highest BCUT2D eigenvalue weighted by Gasteiger charge is 2.17. The summed E-state index contributed by atoms with van der Waals surface area (Å²) in [6.45, 7) is 2.77. The molecule has 1 aliphatic heterocycles. The van der Waals surface area contributed by atoms with E-state index < -0.39 is 11.8 Å². The first-order chi connectivity index (χ1) is 13.0. The van der Waals surface area contributed by atoms with Crippen molar-refractivity contribution >= 4 is 29.1 Å². The van der Waals surface area contributed by atoms with Crippen molar-refractivity contribution in [3.63, 3.8) is 0 Å². The van der Waals surface area contributed by atoms with Crippen molar-refractivity contribution in [2.45, 2.75) is 32.3 Å². The first-order valence-electron chi connectivity index (χ1n) is 8.65. The van der Waals surface area contributed by atoms with Crippen molar-refractivity contribution in [2.24, 2.45) is 5.10 Å². The molecule has 1 atom stereocenters. The summed E-state index contributed by atoms with van der Waals surface area (Å²) in [7, 11) is 1.46. The van der Waals surface area contributed by atoms with E-state index in [2.05, 4.69) is 21.2 Å². The molecule has 1 saturated heterocycles. The SMILES string of the molecule is COc1ccccc1NC(=O)C(=O)N/N=C(\C)CC(=O)NCC1CCCO1. The summed E-state index contributed by atoms with van der Waals surface area (Å²) in [6.07, 6.45) is 2.01. The molecule has 9 heteroatoms. The van der Waals surface area contributed by atoms with Gasteiger partial charge in [-0.05, 0) is 31.9 Å². The van der Waals surface area contributed by atoms with Gasteiger partial charge in [0.15, 0.2) is 0 Å². The van der Waals surface area contributed by atoms with Crippen molar-refractivity contribution < 1.29 is 23.9 Å². The second kappa shape index (κ2) is 10.3. The Kier molecular flexibility index (Phi) is 7.75. The first kappa shape index (κ1) is 20.4. The van der Waals surface area contributed by atoms with Gasteiger partial charge in [-0.2, -0.15) is 5.10 Å². The van der Waals surface area contributed by atoms with Crippen LogP contribution in [0.15, 0.2) is 29.4 Å². The number of amides is 3. The van der Waals surface area contributed by atoms with Gasteiger partial charge in [-0.1, -0.05) is 12.1 Å². The molecule has 0 bridgehead atoms. The zero-order chi connectivity index (χ0) is 19.6. The molecule has 9 nitrogen and oxygen atoms in total. The number of carbonyl (C=O) groups excluding carboxylic acids is 3. The number of nitrogens with zero attached hydrogens (tertiary/aromatic N) is 1. The maximum absolute atomic E-state index is 11.9. The first-order valence-corrected chi connectivity index (χ1v) is 8.65. The fraction of sp³-hybridized carbons (Fsp3) is 0.444. The normalized spacial score (nSPS) is 16.5. The van der Waals surface area contributed by atoms with E-state index in [1.807, 2.05) is 0 Å². The van der Waals surface area contributed by atoms with E-state index in [1.165, 1.54) is 7.11 Å². The van der Waals surface area contributed by atoms with Gasteiger partial charge >= 0.3 is 11.8 Å². The van der Waals surface area contributed by atoms with Gasteiger partial charge < -0.3 is 20.1 Å². The van der Waals surface area contributed by atoms with E-state index in [1.54, 1.807) is 31.2 Å². The van der Waals surface area contributed by atoms with Gasteiger partial charge in [0.05, 0.1) is 25.3 Å². The summed E-state index contributed by atoms with van der Waals surface area (Å²) in [6, 6.07) is 6.71. The molecule has 1 aromatic rings. The molecule has 1 aromatic carbocycles. The third-order valence-electron chi connectivity index (χ3n) is 3.88. The lowest BCUT2D eigenvalue weighted by molar-refractivity contribution is -0.136. The molecule has 0 aliphatic carbocycles. The van der Waals surface area contributed by atoms with Crippen LogP contribution in [0.1, 0.15) is 26.2 Å². The van der Waals surface area contributed by atoms with E-state index in [-0.39, 0.29) is 18.4 Å². The standard InChI is InChI=1S/C18H24N4O5/c1-12(10-16(23)19-11-13-6-5-9-27-13)21-22-18(25)17(24)20-14-7-3-4-8-15(14)26-2/h3-4,7-8,13H,5-6,9-11H2,1-2H3,(H,19,23)(H,20,24)(H,22,25)/b21-12+. The lowest BCUT2D eigenvalue weighted by atomic mass is 10.2. The van der Waals surface area contributed by atoms with E-state index in [0.717, 1.165) is 19.4 Å². The van der Waals surface area contributed by atoms with Gasteiger partial charge in [0.25, 0.3) is 0 Å². The Morgan fingerprint density at radius 2 is 2.04 bits per heavy atom. The quantitative estimate of drug-likeness (QED) is 0.370. The molecular formula is C18H24N4O5. The molecule has 0 saturated carbocycles. The Labute approximate surface area is 157 Å². The van der Waals surface area contributed by atoms with Gasteiger partial charge in [0.2, 0.25) is 5.91 Å². The summed E-state index contributed by atoms with van der Waals surface area (Å²) in [5, 5.41) is 8.98. The van der Waals surface area contributed by atoms with E-state index >= 15 is 0 Å². The lowest BCUT2D eigenvalue weighted by Crippen LogP contribution is -2.34. The predicted molar refractivity (Wildman–Crippen MR) is 99.5 cm³/mol. The minimum absolute atomic E-state index is 0.0150. The third-order valence-corrected chi connectivity index (χ3v) is 3.88. The molecule has 0 aromatic heterocycles. The number of rotatable bonds is 7. The van der Waals surface area contributed by atoms with E-state index in [0.29, 0.717) is 23.7 Å². The number of para-hydroxylation sites is 2. The second-order valence-electron chi connectivity index (χ2n) is 6.06. The molecule has 1 fully saturated rings. The van der Waals surface area contributed by atoms with Crippen LogP contribution < -0.4 is 20.8 Å². The summed E-state index contributed by atoms with van der Waals surface area (Å²) < 4.78 is 10.5. The molecule has 2 rings (SSSR count). The molecular weight excluding hydrogens is 352 g/mol. The Morgan fingerprint density at radius 1 is 1.26 bits per heavy atom. The smallest absolute Gasteiger partial charge is 0.329 e. The minimum atomic E-state index is -0.944. The Balaban J connectivity index is 1.76. The molecule has 3 N–H and O–H groups in total. The van der Waals surface area contributed by atoms with Crippen LogP contribution in [0, 0.1) is 0 Å². The molecule has 27 heavy (non-hydrogen) atoms. The average Bonchev–Trinajstić information content (AvgIpc) is 3.18. The number of hydrogen-bond acceptors (Lipinski definition) is 6. The van der Waals surface area contributed by atoms with Gasteiger partial charge in [0.1, 0.15) is 5.75 Å². The maximum atomic E-state index is 11.9. The zero-order valence-electron chi connectivity index (χ0n) is 15.4. The number of methoxy groups -OCH3 is 1. The summed E-state index contributed by atoms with van der Waals surface area (Å²) in [4.78, 5) is 35.6. The molecule has 3 amide bonds. The number of hydrazone groups is 1. The Bertz CT molecular complexity index is 713. The molecule has 1 unspecified atom stereocenters. The maximum Gasteiger partial charge on any atom is 0.329 e. The van der Waals surface area contributed by atoms with Crippen LogP contribution >= 0.6 is 0 Å². The van der Waals surface area contributed by atoms with Crippen LogP contribution in [-0.4, -0.2) is 49.8 Å². The highest BCUT2D eigenvalue weighted by Crippen LogP contribution is 2.22. The molecule has 0 spiro atoms. The van der Waals surface area contributed by atoms with Crippen molar-refractivity contribution in [1.82, 2.24) is 10.7 Å². The number of carbonyl (C=O) groups is 3. The summed E-state index contributed by atoms with van der Waals surface area (Å²) in [5.74, 6) is -1.63. The lowest BCUT2D eigenvalue weighted by Gasteiger charge is -2.10. The number of nitrogens with one attached hydrogen (secondary N) is 3. The molecule has 146 valence electrons. The Morgan fingerprint density at radius 3 is 2.74 bits per heavy atom. The summed E-state index contributed by atoms with van der Waals surface area (Å²) in [5.41, 5.74) is 2.88. The molecule has 1 aliphatic rings. The van der Waals surface area contributed by atoms with Gasteiger partial charge in [-0.3, -0.25) is 14.4 Å². The Hall–Kier alpha value is -2.94. The van der Waals surface area contributed by atoms with Crippen molar-refractivity contribution in [1.29, 1.82) is 0 Å². The topological polar surface area (TPSA) is 118 Å². The van der Waals surface area contributed by atoms with Crippen LogP contribution in [-0.2, 0) is 19.1 Å². The van der Waals surface area contributed by atoms with Gasteiger partial charge in [0, 0.05) is 18.9 Å². The summed E-state index contributed by atoms with van der Waals surface area (Å²) >= 11 is 0. The largest absolute Gasteiger partial charge is 0.495 e. The van der Waals surface area contributed by atoms with Crippen LogP contribution in [0.25, 0.3) is 0 Å². The predicted octanol–water partition coefficient (Wildman–Crippen LogP) is 0.811.